The Bertz CT molecular complexity index is 421. The monoisotopic (exact) mass is 291 g/mol. The van der Waals surface area contributed by atoms with Crippen molar-refractivity contribution in [2.75, 3.05) is 20.8 Å². The van der Waals surface area contributed by atoms with Gasteiger partial charge in [-0.05, 0) is 43.5 Å². The summed E-state index contributed by atoms with van der Waals surface area (Å²) < 4.78 is 11.5. The van der Waals surface area contributed by atoms with Crippen LogP contribution in [0.2, 0.25) is 0 Å². The fourth-order valence-corrected chi connectivity index (χ4v) is 3.20. The quantitative estimate of drug-likeness (QED) is 0.825. The molecule has 3 nitrogen and oxygen atoms in total. The number of hydrogen-bond acceptors (Lipinski definition) is 3. The molecule has 0 aliphatic heterocycles. The van der Waals surface area contributed by atoms with Crippen molar-refractivity contribution in [1.29, 1.82) is 0 Å². The van der Waals surface area contributed by atoms with E-state index in [0.717, 1.165) is 18.3 Å². The van der Waals surface area contributed by atoms with E-state index in [-0.39, 0.29) is 6.04 Å². The Labute approximate surface area is 129 Å². The van der Waals surface area contributed by atoms with Crippen molar-refractivity contribution in [1.82, 2.24) is 5.32 Å². The molecule has 1 aromatic rings. The van der Waals surface area contributed by atoms with Crippen molar-refractivity contribution in [2.24, 2.45) is 5.92 Å². The Kier molecular flexibility index (Phi) is 6.52. The molecule has 0 aromatic heterocycles. The minimum Gasteiger partial charge on any atom is -0.497 e. The van der Waals surface area contributed by atoms with Crippen molar-refractivity contribution in [3.63, 3.8) is 0 Å². The van der Waals surface area contributed by atoms with Crippen LogP contribution in [0.3, 0.4) is 0 Å². The first kappa shape index (κ1) is 16.3. The molecule has 1 aliphatic rings. The lowest BCUT2D eigenvalue weighted by atomic mass is 9.85. The summed E-state index contributed by atoms with van der Waals surface area (Å²) >= 11 is 0. The van der Waals surface area contributed by atoms with Crippen LogP contribution >= 0.6 is 0 Å². The molecule has 3 heteroatoms. The third-order valence-corrected chi connectivity index (χ3v) is 4.66. The third-order valence-electron chi connectivity index (χ3n) is 4.66. The lowest BCUT2D eigenvalue weighted by Gasteiger charge is -2.30. The molecular weight excluding hydrogens is 262 g/mol. The molecule has 1 saturated carbocycles. The molecule has 1 N–H and O–H groups in total. The Balaban J connectivity index is 1.89. The highest BCUT2D eigenvalue weighted by Gasteiger charge is 2.22. The summed E-state index contributed by atoms with van der Waals surface area (Å²) in [5.74, 6) is 1.75. The lowest BCUT2D eigenvalue weighted by molar-refractivity contribution is 0.00207. The number of nitrogens with one attached hydrogen (secondary N) is 1. The SMILES string of the molecule is CCC1CCCC(OCC(NC)c2cccc(OC)c2)C1. The molecule has 1 fully saturated rings. The van der Waals surface area contributed by atoms with Gasteiger partial charge < -0.3 is 14.8 Å². The molecule has 2 rings (SSSR count). The molecule has 3 unspecified atom stereocenters. The van der Waals surface area contributed by atoms with Gasteiger partial charge in [0.25, 0.3) is 0 Å². The average Bonchev–Trinajstić information content (AvgIpc) is 2.56. The Morgan fingerprint density at radius 1 is 1.33 bits per heavy atom. The van der Waals surface area contributed by atoms with Crippen LogP contribution in [0.4, 0.5) is 0 Å². The van der Waals surface area contributed by atoms with Gasteiger partial charge in [-0.1, -0.05) is 38.3 Å². The van der Waals surface area contributed by atoms with Crippen LogP contribution in [0.5, 0.6) is 5.75 Å². The van der Waals surface area contributed by atoms with E-state index in [0.29, 0.717) is 6.10 Å². The van der Waals surface area contributed by atoms with Crippen LogP contribution in [0, 0.1) is 5.92 Å². The molecule has 0 spiro atoms. The molecule has 1 aromatic carbocycles. The molecule has 0 amide bonds. The summed E-state index contributed by atoms with van der Waals surface area (Å²) in [5, 5.41) is 3.35. The Hall–Kier alpha value is -1.06. The molecule has 0 heterocycles. The second-order valence-corrected chi connectivity index (χ2v) is 6.01. The van der Waals surface area contributed by atoms with Crippen molar-refractivity contribution < 1.29 is 9.47 Å². The first-order valence-corrected chi connectivity index (χ1v) is 8.19. The van der Waals surface area contributed by atoms with Gasteiger partial charge >= 0.3 is 0 Å². The van der Waals surface area contributed by atoms with Crippen LogP contribution in [-0.2, 0) is 4.74 Å². The van der Waals surface area contributed by atoms with E-state index < -0.39 is 0 Å². The lowest BCUT2D eigenvalue weighted by Crippen LogP contribution is -2.28. The normalized spacial score (nSPS) is 23.8. The van der Waals surface area contributed by atoms with E-state index in [1.54, 1.807) is 7.11 Å². The molecule has 0 radical (unpaired) electrons. The minimum atomic E-state index is 0.224. The summed E-state index contributed by atoms with van der Waals surface area (Å²) in [6, 6.07) is 8.45. The smallest absolute Gasteiger partial charge is 0.119 e. The van der Waals surface area contributed by atoms with Gasteiger partial charge in [0.15, 0.2) is 0 Å². The maximum absolute atomic E-state index is 6.19. The highest BCUT2D eigenvalue weighted by atomic mass is 16.5. The van der Waals surface area contributed by atoms with Gasteiger partial charge in [-0.15, -0.1) is 0 Å². The second-order valence-electron chi connectivity index (χ2n) is 6.01. The number of methoxy groups -OCH3 is 1. The van der Waals surface area contributed by atoms with Gasteiger partial charge in [-0.25, -0.2) is 0 Å². The van der Waals surface area contributed by atoms with Crippen LogP contribution in [0.1, 0.15) is 50.6 Å². The summed E-state index contributed by atoms with van der Waals surface area (Å²) in [4.78, 5) is 0. The van der Waals surface area contributed by atoms with Crippen LogP contribution in [0.15, 0.2) is 24.3 Å². The predicted octanol–water partition coefficient (Wildman–Crippen LogP) is 3.94. The number of benzene rings is 1. The highest BCUT2D eigenvalue weighted by Crippen LogP contribution is 2.29. The number of ether oxygens (including phenoxy) is 2. The largest absolute Gasteiger partial charge is 0.497 e. The van der Waals surface area contributed by atoms with Crippen LogP contribution < -0.4 is 10.1 Å². The maximum atomic E-state index is 6.19. The Morgan fingerprint density at radius 2 is 2.19 bits per heavy atom. The summed E-state index contributed by atoms with van der Waals surface area (Å²) in [6.07, 6.45) is 6.85. The van der Waals surface area contributed by atoms with E-state index in [9.17, 15) is 0 Å². The summed E-state index contributed by atoms with van der Waals surface area (Å²) in [5.41, 5.74) is 1.22. The van der Waals surface area contributed by atoms with E-state index >= 15 is 0 Å². The maximum Gasteiger partial charge on any atom is 0.119 e. The third kappa shape index (κ3) is 4.72. The van der Waals surface area contributed by atoms with Gasteiger partial charge in [-0.3, -0.25) is 0 Å². The second kappa shape index (κ2) is 8.40. The van der Waals surface area contributed by atoms with Gasteiger partial charge in [0, 0.05) is 0 Å². The summed E-state index contributed by atoms with van der Waals surface area (Å²) in [6.45, 7) is 3.02. The molecular formula is C18H29NO2. The van der Waals surface area contributed by atoms with Crippen LogP contribution in [0.25, 0.3) is 0 Å². The Morgan fingerprint density at radius 3 is 2.90 bits per heavy atom. The van der Waals surface area contributed by atoms with E-state index in [4.69, 9.17) is 9.47 Å². The summed E-state index contributed by atoms with van der Waals surface area (Å²) in [7, 11) is 3.69. The molecule has 1 aliphatic carbocycles. The average molecular weight is 291 g/mol. The van der Waals surface area contributed by atoms with Crippen LogP contribution in [-0.4, -0.2) is 26.9 Å². The minimum absolute atomic E-state index is 0.224. The van der Waals surface area contributed by atoms with E-state index in [2.05, 4.69) is 24.4 Å². The van der Waals surface area contributed by atoms with Crippen molar-refractivity contribution in [3.05, 3.63) is 29.8 Å². The molecule has 3 atom stereocenters. The number of hydrogen-bond donors (Lipinski definition) is 1. The fraction of sp³-hybridized carbons (Fsp3) is 0.667. The fourth-order valence-electron chi connectivity index (χ4n) is 3.20. The highest BCUT2D eigenvalue weighted by molar-refractivity contribution is 5.30. The zero-order chi connectivity index (χ0) is 15.1. The first-order valence-electron chi connectivity index (χ1n) is 8.19. The van der Waals surface area contributed by atoms with E-state index in [1.165, 1.54) is 37.7 Å². The van der Waals surface area contributed by atoms with Crippen molar-refractivity contribution in [2.45, 2.75) is 51.2 Å². The van der Waals surface area contributed by atoms with Gasteiger partial charge in [0.2, 0.25) is 0 Å². The van der Waals surface area contributed by atoms with Gasteiger partial charge in [0.1, 0.15) is 5.75 Å². The van der Waals surface area contributed by atoms with Crippen molar-refractivity contribution in [3.8, 4) is 5.75 Å². The zero-order valence-corrected chi connectivity index (χ0v) is 13.6. The zero-order valence-electron chi connectivity index (χ0n) is 13.6. The molecule has 0 bridgehead atoms. The van der Waals surface area contributed by atoms with Crippen molar-refractivity contribution >= 4 is 0 Å². The number of likely N-dealkylation sites (N-methyl/N-ethyl adjacent to an activating group) is 1. The predicted molar refractivity (Wildman–Crippen MR) is 86.8 cm³/mol. The number of rotatable bonds is 7. The standard InChI is InChI=1S/C18H29NO2/c1-4-14-7-5-10-17(11-14)21-13-18(19-2)15-8-6-9-16(12-15)20-3/h6,8-9,12,14,17-19H,4-5,7,10-11,13H2,1-3H3. The van der Waals surface area contributed by atoms with E-state index in [1.807, 2.05) is 19.2 Å². The van der Waals surface area contributed by atoms with Gasteiger partial charge in [0.05, 0.1) is 25.9 Å². The topological polar surface area (TPSA) is 30.5 Å². The molecule has 118 valence electrons. The van der Waals surface area contributed by atoms with Gasteiger partial charge in [-0.2, -0.15) is 0 Å². The first-order chi connectivity index (χ1) is 10.3. The molecule has 21 heavy (non-hydrogen) atoms. The molecule has 0 saturated heterocycles.